The van der Waals surface area contributed by atoms with E-state index in [1.165, 1.54) is 138 Å². The van der Waals surface area contributed by atoms with E-state index in [0.29, 0.717) is 5.92 Å². The molecule has 0 spiro atoms. The lowest BCUT2D eigenvalue weighted by Gasteiger charge is -2.19. The summed E-state index contributed by atoms with van der Waals surface area (Å²) < 4.78 is 6.59. The first kappa shape index (κ1) is 58.9. The molecule has 1 aliphatic carbocycles. The Morgan fingerprint density at radius 2 is 0.547 bits per heavy atom. The predicted molar refractivity (Wildman–Crippen MR) is 291 cm³/mol. The van der Waals surface area contributed by atoms with Crippen LogP contribution in [-0.4, -0.2) is 12.7 Å². The highest BCUT2D eigenvalue weighted by atomic mass is 16.5. The Bertz CT molecular complexity index is 1680. The van der Waals surface area contributed by atoms with Crippen LogP contribution in [0.3, 0.4) is 0 Å². The van der Waals surface area contributed by atoms with Gasteiger partial charge < -0.3 is 4.74 Å². The number of hydrogen-bond donors (Lipinski definition) is 0. The van der Waals surface area contributed by atoms with Crippen LogP contribution in [0, 0.1) is 5.92 Å². The number of allylic oxidation sites excluding steroid dienone is 22. The second-order valence-corrected chi connectivity index (χ2v) is 20.5. The Morgan fingerprint density at radius 3 is 0.812 bits per heavy atom. The third kappa shape index (κ3) is 35.1. The predicted octanol–water partition coefficient (Wildman–Crippen LogP) is 21.0. The molecule has 0 aromatic heterocycles. The molecule has 0 N–H and O–H groups in total. The Kier molecular flexibility index (Phi) is 34.0. The van der Waals surface area contributed by atoms with Crippen LogP contribution >= 0.6 is 0 Å². The van der Waals surface area contributed by atoms with Crippen molar-refractivity contribution in [1.29, 1.82) is 0 Å². The Hall–Kier alpha value is -3.16. The minimum Gasteiger partial charge on any atom is -0.369 e. The zero-order valence-electron chi connectivity index (χ0n) is 44.8. The Labute approximate surface area is 399 Å². The summed E-state index contributed by atoms with van der Waals surface area (Å²) >= 11 is 0. The third-order valence-electron chi connectivity index (χ3n) is 12.6. The number of hydrogen-bond acceptors (Lipinski definition) is 1. The van der Waals surface area contributed by atoms with E-state index in [-0.39, 0.29) is 6.10 Å². The van der Waals surface area contributed by atoms with Crippen LogP contribution in [0.15, 0.2) is 140 Å². The second-order valence-electron chi connectivity index (χ2n) is 20.5. The Morgan fingerprint density at radius 1 is 0.312 bits per heavy atom. The first-order valence-corrected chi connectivity index (χ1v) is 26.0. The van der Waals surface area contributed by atoms with Crippen LogP contribution < -0.4 is 0 Å². The standard InChI is InChI=1S/C63H102O/c1-50(2)27-19-33-56(9)39-21-35-52(5)29-15-17-31-54(7)37-23-41-58(11)43-25-45-60(13)49-64-63(62-47-48-62)61(14)46-26-44-59(12)42-24-38-55(8)32-18-16-30-53(6)36-22-40-57(10)34-20-28-51(3)4/h27-32,39-42,45-46,62-63H,15-26,33-38,43-44,47-49H2,1-14H3/b52-29+,53-30+,54-31+,55-32+,56-39+,57-40+,58-41+,59-42+,60-45?,61-46?. The van der Waals surface area contributed by atoms with Crippen LogP contribution in [0.25, 0.3) is 0 Å². The lowest BCUT2D eigenvalue weighted by Crippen LogP contribution is -2.18. The molecule has 1 unspecified atom stereocenters. The maximum absolute atomic E-state index is 6.59. The van der Waals surface area contributed by atoms with Gasteiger partial charge in [-0.2, -0.15) is 0 Å². The van der Waals surface area contributed by atoms with Gasteiger partial charge in [-0.3, -0.25) is 0 Å². The van der Waals surface area contributed by atoms with Crippen molar-refractivity contribution >= 4 is 0 Å². The smallest absolute Gasteiger partial charge is 0.0814 e. The minimum absolute atomic E-state index is 0.278. The molecular weight excluding hydrogens is 773 g/mol. The van der Waals surface area contributed by atoms with Gasteiger partial charge in [0.25, 0.3) is 0 Å². The van der Waals surface area contributed by atoms with Crippen molar-refractivity contribution in [3.05, 3.63) is 140 Å². The van der Waals surface area contributed by atoms with Gasteiger partial charge in [0.05, 0.1) is 12.7 Å². The van der Waals surface area contributed by atoms with Crippen molar-refractivity contribution in [2.45, 2.75) is 244 Å². The van der Waals surface area contributed by atoms with Crippen molar-refractivity contribution in [3.63, 3.8) is 0 Å². The molecule has 1 fully saturated rings. The van der Waals surface area contributed by atoms with Gasteiger partial charge in [-0.25, -0.2) is 0 Å². The summed E-state index contributed by atoms with van der Waals surface area (Å²) in [5.41, 5.74) is 17.8. The molecule has 0 bridgehead atoms. The van der Waals surface area contributed by atoms with Crippen molar-refractivity contribution in [2.24, 2.45) is 5.92 Å². The van der Waals surface area contributed by atoms with Crippen molar-refractivity contribution in [1.82, 2.24) is 0 Å². The molecule has 0 aromatic rings. The summed E-state index contributed by atoms with van der Waals surface area (Å²) in [6.45, 7) is 32.4. The van der Waals surface area contributed by atoms with Gasteiger partial charge in [0, 0.05) is 0 Å². The van der Waals surface area contributed by atoms with E-state index in [1.807, 2.05) is 0 Å². The van der Waals surface area contributed by atoms with Gasteiger partial charge in [-0.05, 0) is 250 Å². The van der Waals surface area contributed by atoms with E-state index in [0.717, 1.165) is 77.2 Å². The molecule has 0 radical (unpaired) electrons. The highest BCUT2D eigenvalue weighted by Gasteiger charge is 2.32. The van der Waals surface area contributed by atoms with Gasteiger partial charge >= 0.3 is 0 Å². The average molecular weight is 876 g/mol. The van der Waals surface area contributed by atoms with E-state index in [2.05, 4.69) is 170 Å². The fourth-order valence-corrected chi connectivity index (χ4v) is 8.01. The highest BCUT2D eigenvalue weighted by molar-refractivity contribution is 5.14. The molecule has 0 aromatic carbocycles. The minimum atomic E-state index is 0.278. The maximum Gasteiger partial charge on any atom is 0.0814 e. The van der Waals surface area contributed by atoms with Crippen LogP contribution in [0.1, 0.15) is 238 Å². The topological polar surface area (TPSA) is 9.23 Å². The fraction of sp³-hybridized carbons (Fsp3) is 0.619. The summed E-state index contributed by atoms with van der Waals surface area (Å²) in [6, 6.07) is 0. The summed E-state index contributed by atoms with van der Waals surface area (Å²) in [7, 11) is 0. The molecule has 360 valence electrons. The molecule has 0 amide bonds. The van der Waals surface area contributed by atoms with E-state index in [1.54, 1.807) is 0 Å². The summed E-state index contributed by atoms with van der Waals surface area (Å²) in [5.74, 6) is 0.705. The molecule has 1 rings (SSSR count). The maximum atomic E-state index is 6.59. The average Bonchev–Trinajstić information content (AvgIpc) is 4.06. The van der Waals surface area contributed by atoms with E-state index < -0.39 is 0 Å². The summed E-state index contributed by atoms with van der Waals surface area (Å²) in [5, 5.41) is 0. The molecule has 1 atom stereocenters. The van der Waals surface area contributed by atoms with E-state index in [9.17, 15) is 0 Å². The lowest BCUT2D eigenvalue weighted by molar-refractivity contribution is 0.0795. The molecule has 1 nitrogen and oxygen atoms in total. The summed E-state index contributed by atoms with van der Waals surface area (Å²) in [4.78, 5) is 0. The normalized spacial score (nSPS) is 16.2. The van der Waals surface area contributed by atoms with Crippen LogP contribution in [0.4, 0.5) is 0 Å². The molecule has 1 heteroatoms. The van der Waals surface area contributed by atoms with E-state index >= 15 is 0 Å². The van der Waals surface area contributed by atoms with Gasteiger partial charge in [-0.15, -0.1) is 0 Å². The fourth-order valence-electron chi connectivity index (χ4n) is 8.01. The quantitative estimate of drug-likeness (QED) is 0.0455. The van der Waals surface area contributed by atoms with Crippen molar-refractivity contribution in [3.8, 4) is 0 Å². The zero-order chi connectivity index (χ0) is 47.5. The lowest BCUT2D eigenvalue weighted by atomic mass is 10.0. The molecule has 64 heavy (non-hydrogen) atoms. The molecule has 0 heterocycles. The van der Waals surface area contributed by atoms with Crippen molar-refractivity contribution < 1.29 is 4.74 Å². The number of rotatable bonds is 35. The van der Waals surface area contributed by atoms with Crippen molar-refractivity contribution in [2.75, 3.05) is 6.61 Å². The van der Waals surface area contributed by atoms with Gasteiger partial charge in [0.1, 0.15) is 0 Å². The van der Waals surface area contributed by atoms with Gasteiger partial charge in [0.15, 0.2) is 0 Å². The van der Waals surface area contributed by atoms with Gasteiger partial charge in [0.2, 0.25) is 0 Å². The van der Waals surface area contributed by atoms with Crippen LogP contribution in [0.5, 0.6) is 0 Å². The number of unbranched alkanes of at least 4 members (excludes halogenated alkanes) is 2. The van der Waals surface area contributed by atoms with Gasteiger partial charge in [-0.1, -0.05) is 134 Å². The monoisotopic (exact) mass is 875 g/mol. The first-order chi connectivity index (χ1) is 30.5. The second kappa shape index (κ2) is 37.0. The largest absolute Gasteiger partial charge is 0.369 e. The number of ether oxygens (including phenoxy) is 1. The van der Waals surface area contributed by atoms with E-state index in [4.69, 9.17) is 4.74 Å². The molecular formula is C63H102O. The van der Waals surface area contributed by atoms with Crippen LogP contribution in [0.2, 0.25) is 0 Å². The zero-order valence-corrected chi connectivity index (χ0v) is 44.8. The third-order valence-corrected chi connectivity index (χ3v) is 12.6. The van der Waals surface area contributed by atoms with Crippen LogP contribution in [-0.2, 0) is 4.74 Å². The molecule has 1 aliphatic rings. The molecule has 0 aliphatic heterocycles. The SMILES string of the molecule is CC(C)=CCC/C(C)=C/CC/C(C)=C/CC/C=C(\C)CC/C=C(\C)CCC=C(C)COC(C(C)=CCC/C(C)=C/CC/C(C)=C/CC/C=C(\C)CC/C=C(\C)CCC=C(C)C)C1CC1. The highest BCUT2D eigenvalue weighted by Crippen LogP contribution is 2.38. The first-order valence-electron chi connectivity index (χ1n) is 26.0. The molecule has 0 saturated heterocycles. The summed E-state index contributed by atoms with van der Waals surface area (Å²) in [6.07, 6.45) is 55.2. The molecule has 1 saturated carbocycles. The Balaban J connectivity index is 2.34.